The minimum absolute atomic E-state index is 0.0593. The Bertz CT molecular complexity index is 1680. The van der Waals surface area contributed by atoms with Gasteiger partial charge in [-0.05, 0) is 67.5 Å². The van der Waals surface area contributed by atoms with E-state index in [0.29, 0.717) is 36.9 Å². The number of primary amides is 1. The summed E-state index contributed by atoms with van der Waals surface area (Å²) in [6.45, 7) is 3.67. The van der Waals surface area contributed by atoms with Gasteiger partial charge in [0.1, 0.15) is 18.2 Å². The molecule has 0 spiro atoms. The lowest BCUT2D eigenvalue weighted by Gasteiger charge is -2.22. The second-order valence-electron chi connectivity index (χ2n) is 12.4. The van der Waals surface area contributed by atoms with Crippen LogP contribution in [-0.2, 0) is 30.5 Å². The zero-order chi connectivity index (χ0) is 38.9. The lowest BCUT2D eigenvalue weighted by atomic mass is 9.96. The Hall–Kier alpha value is -6.13. The SMILES string of the molecule is CC(C)[C@H](NC(=O)CCCCCN1C(=O)C=CC1=O)C(F)=C[C@@H](CCCNC(N)=O)C(=O)Nc1ccc(COC(=O)Oc2ccc([N+](=O)[O-])cc2)cc1. The number of carbonyl (C=O) groups excluding carboxylic acids is 6. The third-order valence-electron chi connectivity index (χ3n) is 7.98. The number of ether oxygens (including phenoxy) is 2. The van der Waals surface area contributed by atoms with E-state index >= 15 is 4.39 Å². The summed E-state index contributed by atoms with van der Waals surface area (Å²) in [5.41, 5.74) is 5.88. The van der Waals surface area contributed by atoms with Crippen LogP contribution in [0.15, 0.2) is 72.6 Å². The highest BCUT2D eigenvalue weighted by atomic mass is 19.1. The Labute approximate surface area is 305 Å². The summed E-state index contributed by atoms with van der Waals surface area (Å²) in [6.07, 6.45) is 4.63. The predicted octanol–water partition coefficient (Wildman–Crippen LogP) is 4.79. The number of nitrogens with one attached hydrogen (secondary N) is 3. The first-order valence-electron chi connectivity index (χ1n) is 17.0. The summed E-state index contributed by atoms with van der Waals surface area (Å²) < 4.78 is 25.9. The number of nitro groups is 1. The summed E-state index contributed by atoms with van der Waals surface area (Å²) >= 11 is 0. The van der Waals surface area contributed by atoms with Crippen molar-refractivity contribution in [3.05, 3.63) is 88.3 Å². The van der Waals surface area contributed by atoms with E-state index in [1.54, 1.807) is 38.1 Å². The van der Waals surface area contributed by atoms with Gasteiger partial charge in [-0.15, -0.1) is 0 Å². The Morgan fingerprint density at radius 1 is 0.962 bits per heavy atom. The van der Waals surface area contributed by atoms with Crippen molar-refractivity contribution >= 4 is 47.2 Å². The van der Waals surface area contributed by atoms with Crippen molar-refractivity contribution in [2.24, 2.45) is 17.6 Å². The number of urea groups is 1. The average molecular weight is 739 g/mol. The van der Waals surface area contributed by atoms with E-state index in [1.807, 2.05) is 0 Å². The van der Waals surface area contributed by atoms with E-state index in [9.17, 15) is 38.9 Å². The van der Waals surface area contributed by atoms with Crippen LogP contribution in [0.4, 0.5) is 25.4 Å². The lowest BCUT2D eigenvalue weighted by Crippen LogP contribution is -2.39. The van der Waals surface area contributed by atoms with Crippen LogP contribution in [-0.4, -0.2) is 64.8 Å². The van der Waals surface area contributed by atoms with Crippen LogP contribution in [0.2, 0.25) is 0 Å². The highest BCUT2D eigenvalue weighted by Crippen LogP contribution is 2.22. The topological polar surface area (TPSA) is 229 Å². The third kappa shape index (κ3) is 14.2. The summed E-state index contributed by atoms with van der Waals surface area (Å²) in [7, 11) is 0. The number of nitro benzene ring substituents is 1. The standard InChI is InChI=1S/C36H43FN6O10/c1-23(2)33(41-30(44)8-4-3-5-20-42-31(45)17-18-32(42)46)29(37)21-25(7-6-19-39-35(38)48)34(47)40-26-11-9-24(10-12-26)22-52-36(49)53-28-15-13-27(14-16-28)43(50)51/h9-18,21,23,25,33H,3-8,19-20,22H2,1-2H3,(H,40,47)(H,41,44)(H3,38,39,48)/t25-,33+/m1/s1. The maximum Gasteiger partial charge on any atom is 0.514 e. The number of halogens is 1. The minimum Gasteiger partial charge on any atom is -0.429 e. The number of nitrogens with two attached hydrogens (primary N) is 1. The largest absolute Gasteiger partial charge is 0.514 e. The van der Waals surface area contributed by atoms with E-state index in [-0.39, 0.29) is 61.7 Å². The molecule has 0 unspecified atom stereocenters. The van der Waals surface area contributed by atoms with Crippen molar-refractivity contribution in [2.45, 2.75) is 65.0 Å². The third-order valence-corrected chi connectivity index (χ3v) is 7.98. The van der Waals surface area contributed by atoms with Gasteiger partial charge in [0.15, 0.2) is 0 Å². The van der Waals surface area contributed by atoms with E-state index in [2.05, 4.69) is 16.0 Å². The molecule has 6 amide bonds. The summed E-state index contributed by atoms with van der Waals surface area (Å²) in [6, 6.07) is 9.41. The number of anilines is 1. The monoisotopic (exact) mass is 738 g/mol. The number of hydrogen-bond acceptors (Lipinski definition) is 10. The molecule has 1 heterocycles. The smallest absolute Gasteiger partial charge is 0.429 e. The van der Waals surface area contributed by atoms with Crippen LogP contribution in [0.5, 0.6) is 5.75 Å². The first-order chi connectivity index (χ1) is 25.2. The Morgan fingerprint density at radius 3 is 2.23 bits per heavy atom. The van der Waals surface area contributed by atoms with Crippen molar-refractivity contribution in [2.75, 3.05) is 18.4 Å². The predicted molar refractivity (Wildman–Crippen MR) is 190 cm³/mol. The van der Waals surface area contributed by atoms with Gasteiger partial charge in [-0.3, -0.25) is 34.2 Å². The molecule has 0 saturated carbocycles. The highest BCUT2D eigenvalue weighted by molar-refractivity contribution is 6.12. The van der Waals surface area contributed by atoms with Crippen molar-refractivity contribution in [1.82, 2.24) is 15.5 Å². The van der Waals surface area contributed by atoms with Crippen molar-refractivity contribution < 1.29 is 47.6 Å². The molecule has 2 aromatic carbocycles. The molecule has 2 aromatic rings. The fourth-order valence-electron chi connectivity index (χ4n) is 5.13. The van der Waals surface area contributed by atoms with Gasteiger partial charge in [-0.2, -0.15) is 0 Å². The number of benzene rings is 2. The molecule has 16 nitrogen and oxygen atoms in total. The normalized spacial score (nSPS) is 13.7. The maximum atomic E-state index is 15.8. The van der Waals surface area contributed by atoms with Crippen molar-refractivity contribution in [1.29, 1.82) is 0 Å². The number of rotatable bonds is 20. The van der Waals surface area contributed by atoms with Gasteiger partial charge in [0.05, 0.1) is 16.9 Å². The van der Waals surface area contributed by atoms with Crippen LogP contribution in [0.3, 0.4) is 0 Å². The first kappa shape index (κ1) is 41.3. The average Bonchev–Trinajstić information content (AvgIpc) is 3.43. The fourth-order valence-corrected chi connectivity index (χ4v) is 5.13. The minimum atomic E-state index is -1.03. The highest BCUT2D eigenvalue weighted by Gasteiger charge is 2.25. The van der Waals surface area contributed by atoms with Crippen molar-refractivity contribution in [3.8, 4) is 5.75 Å². The van der Waals surface area contributed by atoms with E-state index in [1.165, 1.54) is 36.4 Å². The van der Waals surface area contributed by atoms with E-state index in [4.69, 9.17) is 15.2 Å². The molecular formula is C36H43FN6O10. The molecule has 0 saturated heterocycles. The Balaban J connectivity index is 1.56. The van der Waals surface area contributed by atoms with Crippen LogP contribution >= 0.6 is 0 Å². The van der Waals surface area contributed by atoms with Gasteiger partial charge in [0, 0.05) is 49.5 Å². The molecule has 1 aliphatic heterocycles. The molecule has 17 heteroatoms. The second-order valence-corrected chi connectivity index (χ2v) is 12.4. The van der Waals surface area contributed by atoms with Gasteiger partial charge in [-0.25, -0.2) is 14.0 Å². The molecule has 0 aliphatic carbocycles. The van der Waals surface area contributed by atoms with Crippen LogP contribution < -0.4 is 26.4 Å². The zero-order valence-electron chi connectivity index (χ0n) is 29.4. The molecule has 0 radical (unpaired) electrons. The van der Waals surface area contributed by atoms with Gasteiger partial charge in [0.2, 0.25) is 11.8 Å². The number of carbonyl (C=O) groups is 6. The van der Waals surface area contributed by atoms with Gasteiger partial charge in [0.25, 0.3) is 17.5 Å². The zero-order valence-corrected chi connectivity index (χ0v) is 29.4. The Morgan fingerprint density at radius 2 is 1.62 bits per heavy atom. The molecule has 0 bridgehead atoms. The van der Waals surface area contributed by atoms with Crippen LogP contribution in [0.1, 0.15) is 57.9 Å². The molecule has 0 aromatic heterocycles. The molecule has 284 valence electrons. The molecule has 1 aliphatic rings. The first-order valence-corrected chi connectivity index (χ1v) is 17.0. The fraction of sp³-hybridized carbons (Fsp3) is 0.389. The molecule has 2 atom stereocenters. The molecule has 3 rings (SSSR count). The molecule has 5 N–H and O–H groups in total. The van der Waals surface area contributed by atoms with Gasteiger partial charge < -0.3 is 31.2 Å². The summed E-state index contributed by atoms with van der Waals surface area (Å²) in [4.78, 5) is 83.9. The second kappa shape index (κ2) is 20.7. The van der Waals surface area contributed by atoms with Gasteiger partial charge in [-0.1, -0.05) is 32.4 Å². The Kier molecular flexibility index (Phi) is 16.1. The van der Waals surface area contributed by atoms with Gasteiger partial charge >= 0.3 is 12.2 Å². The number of nitrogens with zero attached hydrogens (tertiary/aromatic N) is 2. The lowest BCUT2D eigenvalue weighted by molar-refractivity contribution is -0.384. The van der Waals surface area contributed by atoms with E-state index < -0.39 is 46.7 Å². The van der Waals surface area contributed by atoms with E-state index in [0.717, 1.165) is 11.0 Å². The summed E-state index contributed by atoms with van der Waals surface area (Å²) in [5.74, 6) is -3.67. The number of imide groups is 1. The number of non-ortho nitro benzene ring substituents is 1. The molecule has 53 heavy (non-hydrogen) atoms. The number of unbranched alkanes of at least 4 members (excludes halogenated alkanes) is 2. The van der Waals surface area contributed by atoms with Crippen LogP contribution in [0.25, 0.3) is 0 Å². The quantitative estimate of drug-likeness (QED) is 0.0362. The summed E-state index contributed by atoms with van der Waals surface area (Å²) in [5, 5.41) is 18.6. The molecular weight excluding hydrogens is 695 g/mol. The van der Waals surface area contributed by atoms with Crippen LogP contribution in [0, 0.1) is 22.0 Å². The van der Waals surface area contributed by atoms with Crippen molar-refractivity contribution in [3.63, 3.8) is 0 Å². The maximum absolute atomic E-state index is 15.8. The number of hydrogen-bond donors (Lipinski definition) is 4. The molecule has 0 fully saturated rings. The number of amides is 6.